The molecule has 0 saturated heterocycles. The highest BCUT2D eigenvalue weighted by atomic mass is 16.5. The third-order valence-electron chi connectivity index (χ3n) is 3.66. The fourth-order valence-electron chi connectivity index (χ4n) is 1.96. The van der Waals surface area contributed by atoms with Crippen molar-refractivity contribution in [1.29, 1.82) is 0 Å². The zero-order valence-electron chi connectivity index (χ0n) is 10.8. The topological polar surface area (TPSA) is 72.5 Å². The van der Waals surface area contributed by atoms with Gasteiger partial charge in [0.15, 0.2) is 5.54 Å². The molecule has 1 saturated carbocycles. The van der Waals surface area contributed by atoms with Gasteiger partial charge in [-0.1, -0.05) is 6.07 Å². The molecule has 1 aliphatic carbocycles. The van der Waals surface area contributed by atoms with Gasteiger partial charge in [0.05, 0.1) is 0 Å². The number of nitrogens with two attached hydrogens (primary N) is 1. The predicted molar refractivity (Wildman–Crippen MR) is 68.7 cm³/mol. The molecular formula is C14H19NO3. The Morgan fingerprint density at radius 2 is 2.11 bits per heavy atom. The second-order valence-electron chi connectivity index (χ2n) is 5.15. The molecule has 0 aromatic heterocycles. The van der Waals surface area contributed by atoms with Crippen molar-refractivity contribution in [2.24, 2.45) is 11.7 Å². The molecule has 1 fully saturated rings. The molecule has 4 nitrogen and oxygen atoms in total. The number of rotatable bonds is 5. The van der Waals surface area contributed by atoms with Crippen LogP contribution >= 0.6 is 0 Å². The Hall–Kier alpha value is -1.55. The van der Waals surface area contributed by atoms with E-state index in [0.29, 0.717) is 5.75 Å². The lowest BCUT2D eigenvalue weighted by molar-refractivity contribution is -0.145. The van der Waals surface area contributed by atoms with Gasteiger partial charge in [-0.15, -0.1) is 0 Å². The highest BCUT2D eigenvalue weighted by Gasteiger charge is 2.49. The summed E-state index contributed by atoms with van der Waals surface area (Å²) in [5.41, 5.74) is 6.99. The second-order valence-corrected chi connectivity index (χ2v) is 5.15. The molecule has 0 aliphatic heterocycles. The molecule has 0 amide bonds. The van der Waals surface area contributed by atoms with E-state index >= 15 is 0 Å². The van der Waals surface area contributed by atoms with Crippen LogP contribution in [0.25, 0.3) is 0 Å². The van der Waals surface area contributed by atoms with Crippen LogP contribution in [0.15, 0.2) is 18.2 Å². The number of aryl methyl sites for hydroxylation is 2. The van der Waals surface area contributed by atoms with E-state index in [1.807, 2.05) is 32.0 Å². The highest BCUT2D eigenvalue weighted by Crippen LogP contribution is 2.38. The van der Waals surface area contributed by atoms with Crippen LogP contribution in [0.1, 0.15) is 24.0 Å². The normalized spacial score (nSPS) is 18.2. The van der Waals surface area contributed by atoms with Crippen LogP contribution in [0.3, 0.4) is 0 Å². The maximum Gasteiger partial charge on any atom is 0.327 e. The van der Waals surface area contributed by atoms with Gasteiger partial charge in [0.25, 0.3) is 0 Å². The van der Waals surface area contributed by atoms with Gasteiger partial charge < -0.3 is 15.6 Å². The SMILES string of the molecule is Cc1ccc(OCC(N)(C(=O)O)C2CC2)cc1C. The first-order valence-corrected chi connectivity index (χ1v) is 6.16. The summed E-state index contributed by atoms with van der Waals surface area (Å²) in [5.74, 6) is -0.259. The summed E-state index contributed by atoms with van der Waals surface area (Å²) < 4.78 is 5.56. The number of benzene rings is 1. The molecule has 2 rings (SSSR count). The zero-order chi connectivity index (χ0) is 13.3. The van der Waals surface area contributed by atoms with Crippen molar-refractivity contribution in [2.75, 3.05) is 6.61 Å². The van der Waals surface area contributed by atoms with Crippen LogP contribution in [0.4, 0.5) is 0 Å². The average Bonchev–Trinajstić information content (AvgIpc) is 3.14. The lowest BCUT2D eigenvalue weighted by atomic mass is 9.96. The van der Waals surface area contributed by atoms with E-state index in [2.05, 4.69) is 0 Å². The summed E-state index contributed by atoms with van der Waals surface area (Å²) in [6.07, 6.45) is 1.75. The molecule has 18 heavy (non-hydrogen) atoms. The molecule has 1 atom stereocenters. The molecule has 98 valence electrons. The van der Waals surface area contributed by atoms with Crippen LogP contribution in [-0.2, 0) is 4.79 Å². The number of carboxylic acids is 1. The van der Waals surface area contributed by atoms with Crippen LogP contribution < -0.4 is 10.5 Å². The van der Waals surface area contributed by atoms with Crippen molar-refractivity contribution in [1.82, 2.24) is 0 Å². The molecule has 0 bridgehead atoms. The van der Waals surface area contributed by atoms with Crippen LogP contribution in [0.2, 0.25) is 0 Å². The van der Waals surface area contributed by atoms with Crippen molar-refractivity contribution >= 4 is 5.97 Å². The predicted octanol–water partition coefficient (Wildman–Crippen LogP) is 1.87. The van der Waals surface area contributed by atoms with E-state index in [1.165, 1.54) is 5.56 Å². The second kappa shape index (κ2) is 4.61. The van der Waals surface area contributed by atoms with E-state index in [0.717, 1.165) is 18.4 Å². The Bertz CT molecular complexity index is 468. The number of aliphatic carboxylic acids is 1. The number of hydrogen-bond acceptors (Lipinski definition) is 3. The molecule has 0 heterocycles. The summed E-state index contributed by atoms with van der Waals surface area (Å²) in [6.45, 7) is 4.04. The summed E-state index contributed by atoms with van der Waals surface area (Å²) in [6, 6.07) is 5.71. The maximum absolute atomic E-state index is 11.2. The Kier molecular flexibility index (Phi) is 3.30. The van der Waals surface area contributed by atoms with E-state index < -0.39 is 11.5 Å². The van der Waals surface area contributed by atoms with Gasteiger partial charge in [-0.05, 0) is 55.9 Å². The third-order valence-corrected chi connectivity index (χ3v) is 3.66. The zero-order valence-corrected chi connectivity index (χ0v) is 10.8. The molecule has 3 N–H and O–H groups in total. The van der Waals surface area contributed by atoms with Gasteiger partial charge >= 0.3 is 5.97 Å². The third kappa shape index (κ3) is 2.48. The smallest absolute Gasteiger partial charge is 0.327 e. The summed E-state index contributed by atoms with van der Waals surface area (Å²) in [4.78, 5) is 11.2. The van der Waals surface area contributed by atoms with Gasteiger partial charge in [0, 0.05) is 0 Å². The van der Waals surface area contributed by atoms with Crippen LogP contribution in [0.5, 0.6) is 5.75 Å². The fraction of sp³-hybridized carbons (Fsp3) is 0.500. The quantitative estimate of drug-likeness (QED) is 0.835. The van der Waals surface area contributed by atoms with Crippen LogP contribution in [-0.4, -0.2) is 23.2 Å². The van der Waals surface area contributed by atoms with Gasteiger partial charge in [0.1, 0.15) is 12.4 Å². The molecule has 1 unspecified atom stereocenters. The Balaban J connectivity index is 2.05. The first-order chi connectivity index (χ1) is 8.43. The largest absolute Gasteiger partial charge is 0.491 e. The monoisotopic (exact) mass is 249 g/mol. The van der Waals surface area contributed by atoms with E-state index in [1.54, 1.807) is 0 Å². The van der Waals surface area contributed by atoms with E-state index in [-0.39, 0.29) is 12.5 Å². The van der Waals surface area contributed by atoms with Crippen LogP contribution in [0, 0.1) is 19.8 Å². The average molecular weight is 249 g/mol. The first kappa shape index (κ1) is 12.9. The van der Waals surface area contributed by atoms with Gasteiger partial charge in [0.2, 0.25) is 0 Å². The minimum Gasteiger partial charge on any atom is -0.491 e. The lowest BCUT2D eigenvalue weighted by Crippen LogP contribution is -2.54. The van der Waals surface area contributed by atoms with Crippen molar-refractivity contribution < 1.29 is 14.6 Å². The minimum atomic E-state index is -1.25. The molecule has 1 aromatic carbocycles. The first-order valence-electron chi connectivity index (χ1n) is 6.16. The molecular weight excluding hydrogens is 230 g/mol. The molecule has 1 aromatic rings. The van der Waals surface area contributed by atoms with Gasteiger partial charge in [-0.3, -0.25) is 4.79 Å². The number of carboxylic acid groups (broad SMARTS) is 1. The Morgan fingerprint density at radius 1 is 1.44 bits per heavy atom. The fourth-order valence-corrected chi connectivity index (χ4v) is 1.96. The van der Waals surface area contributed by atoms with E-state index in [9.17, 15) is 9.90 Å². The Morgan fingerprint density at radius 3 is 2.61 bits per heavy atom. The molecule has 1 aliphatic rings. The Labute approximate surface area is 107 Å². The molecule has 0 spiro atoms. The maximum atomic E-state index is 11.2. The summed E-state index contributed by atoms with van der Waals surface area (Å²) >= 11 is 0. The molecule has 4 heteroatoms. The van der Waals surface area contributed by atoms with Crippen molar-refractivity contribution in [3.05, 3.63) is 29.3 Å². The van der Waals surface area contributed by atoms with Crippen molar-refractivity contribution in [2.45, 2.75) is 32.2 Å². The molecule has 0 radical (unpaired) electrons. The minimum absolute atomic E-state index is 0.0233. The number of ether oxygens (including phenoxy) is 1. The van der Waals surface area contributed by atoms with Crippen molar-refractivity contribution in [3.63, 3.8) is 0 Å². The summed E-state index contributed by atoms with van der Waals surface area (Å²) in [7, 11) is 0. The summed E-state index contributed by atoms with van der Waals surface area (Å²) in [5, 5.41) is 9.21. The van der Waals surface area contributed by atoms with Gasteiger partial charge in [-0.2, -0.15) is 0 Å². The number of carbonyl (C=O) groups is 1. The lowest BCUT2D eigenvalue weighted by Gasteiger charge is -2.24. The standard InChI is InChI=1S/C14H19NO3/c1-9-3-6-12(7-10(9)2)18-8-14(15,13(16)17)11-4-5-11/h3,6-7,11H,4-5,8,15H2,1-2H3,(H,16,17). The number of hydrogen-bond donors (Lipinski definition) is 2. The van der Waals surface area contributed by atoms with Gasteiger partial charge in [-0.25, -0.2) is 0 Å². The van der Waals surface area contributed by atoms with Crippen molar-refractivity contribution in [3.8, 4) is 5.75 Å². The van der Waals surface area contributed by atoms with E-state index in [4.69, 9.17) is 10.5 Å². The highest BCUT2D eigenvalue weighted by molar-refractivity contribution is 5.79.